The Kier molecular flexibility index (Phi) is 7.08. The van der Waals surface area contributed by atoms with Gasteiger partial charge in [0, 0.05) is 16.9 Å². The van der Waals surface area contributed by atoms with Gasteiger partial charge in [0.05, 0.1) is 12.2 Å². The molecule has 0 fully saturated rings. The van der Waals surface area contributed by atoms with Crippen LogP contribution in [0.3, 0.4) is 0 Å². The topological polar surface area (TPSA) is 90.3 Å². The van der Waals surface area contributed by atoms with Crippen molar-refractivity contribution < 1.29 is 18.7 Å². The van der Waals surface area contributed by atoms with Crippen molar-refractivity contribution in [3.05, 3.63) is 107 Å². The Morgan fingerprint density at radius 1 is 1.05 bits per heavy atom. The highest BCUT2D eigenvalue weighted by Gasteiger charge is 2.34. The lowest BCUT2D eigenvalue weighted by atomic mass is 9.94. The predicted octanol–water partition coefficient (Wildman–Crippen LogP) is 5.63. The second kappa shape index (κ2) is 10.8. The van der Waals surface area contributed by atoms with E-state index in [-0.39, 0.29) is 18.3 Å². The largest absolute Gasteiger partial charge is 0.490 e. The number of rotatable bonds is 8. The molecule has 194 valence electrons. The molecule has 1 aliphatic heterocycles. The minimum atomic E-state index is -0.572. The summed E-state index contributed by atoms with van der Waals surface area (Å²) in [5.41, 5.74) is 4.05. The Hall–Kier alpha value is -4.66. The summed E-state index contributed by atoms with van der Waals surface area (Å²) in [6.07, 6.45) is 1.44. The lowest BCUT2D eigenvalue weighted by molar-refractivity contribution is -0.113. The van der Waals surface area contributed by atoms with Crippen molar-refractivity contribution in [1.82, 2.24) is 14.8 Å². The average Bonchev–Trinajstić information content (AvgIpc) is 3.37. The molecule has 1 aliphatic rings. The molecular weight excluding hydrogens is 485 g/mol. The van der Waals surface area contributed by atoms with Crippen LogP contribution >= 0.6 is 0 Å². The number of aryl methyl sites for hydroxylation is 1. The molecule has 2 heterocycles. The molecule has 1 aromatic heterocycles. The van der Waals surface area contributed by atoms with Gasteiger partial charge in [0.15, 0.2) is 11.5 Å². The molecule has 3 aromatic carbocycles. The number of hydrogen-bond acceptors (Lipinski definition) is 6. The number of carbonyl (C=O) groups is 1. The minimum Gasteiger partial charge on any atom is -0.490 e. The third-order valence-electron chi connectivity index (χ3n) is 6.36. The number of nitrogens with one attached hydrogen (secondary N) is 2. The van der Waals surface area contributed by atoms with Gasteiger partial charge >= 0.3 is 0 Å². The highest BCUT2D eigenvalue weighted by atomic mass is 19.1. The molecule has 1 atom stereocenters. The summed E-state index contributed by atoms with van der Waals surface area (Å²) in [5.74, 6) is 0.891. The summed E-state index contributed by atoms with van der Waals surface area (Å²) in [7, 11) is 0. The summed E-state index contributed by atoms with van der Waals surface area (Å²) >= 11 is 0. The first-order valence-electron chi connectivity index (χ1n) is 12.3. The van der Waals surface area contributed by atoms with Crippen LogP contribution in [0.4, 0.5) is 16.0 Å². The van der Waals surface area contributed by atoms with E-state index in [0.29, 0.717) is 40.9 Å². The van der Waals surface area contributed by atoms with Crippen molar-refractivity contribution >= 4 is 17.5 Å². The number of para-hydroxylation sites is 1. The fourth-order valence-corrected chi connectivity index (χ4v) is 4.45. The van der Waals surface area contributed by atoms with Gasteiger partial charge in [-0.3, -0.25) is 4.79 Å². The maximum atomic E-state index is 14.1. The molecule has 0 saturated carbocycles. The summed E-state index contributed by atoms with van der Waals surface area (Å²) in [6, 6.07) is 19.0. The van der Waals surface area contributed by atoms with E-state index in [0.717, 1.165) is 16.8 Å². The molecule has 0 unspecified atom stereocenters. The molecule has 0 radical (unpaired) electrons. The fraction of sp³-hybridized carbons (Fsp3) is 0.207. The second-order valence-corrected chi connectivity index (χ2v) is 8.88. The number of allylic oxidation sites excluding steroid dienone is 1. The average molecular weight is 514 g/mol. The van der Waals surface area contributed by atoms with Crippen LogP contribution in [0.5, 0.6) is 11.5 Å². The molecular formula is C29H28FN5O3. The number of aromatic nitrogens is 3. The highest BCUT2D eigenvalue weighted by Crippen LogP contribution is 2.39. The molecule has 0 bridgehead atoms. The number of hydrogen-bond donors (Lipinski definition) is 2. The first-order valence-corrected chi connectivity index (χ1v) is 12.3. The number of amides is 1. The smallest absolute Gasteiger partial charge is 0.255 e. The van der Waals surface area contributed by atoms with Crippen LogP contribution in [0.25, 0.3) is 0 Å². The van der Waals surface area contributed by atoms with Crippen LogP contribution in [0.15, 0.2) is 84.3 Å². The van der Waals surface area contributed by atoms with Gasteiger partial charge in [0.2, 0.25) is 5.95 Å². The van der Waals surface area contributed by atoms with Gasteiger partial charge in [-0.05, 0) is 56.2 Å². The predicted molar refractivity (Wildman–Crippen MR) is 143 cm³/mol. The second-order valence-electron chi connectivity index (χ2n) is 8.88. The zero-order valence-electron chi connectivity index (χ0n) is 21.4. The Morgan fingerprint density at radius 2 is 1.84 bits per heavy atom. The van der Waals surface area contributed by atoms with E-state index in [2.05, 4.69) is 20.7 Å². The van der Waals surface area contributed by atoms with Crippen molar-refractivity contribution in [1.29, 1.82) is 0 Å². The van der Waals surface area contributed by atoms with Gasteiger partial charge in [-0.1, -0.05) is 42.5 Å². The van der Waals surface area contributed by atoms with Crippen molar-refractivity contribution in [2.75, 3.05) is 17.2 Å². The standard InChI is InChI=1S/C29H28FN5O3/c1-4-37-25-15-20(13-14-24(25)38-16-21-10-6-7-11-22(21)30)27-26(19(3)33-29-31-17-32-35(27)29)28(36)34-23-12-8-5-9-18(23)2/h5-15,17,27H,4,16H2,1-3H3,(H,34,36)(H,31,32,33)/t27-/m0/s1. The quantitative estimate of drug-likeness (QED) is 0.317. The molecule has 4 aromatic rings. The van der Waals surface area contributed by atoms with Gasteiger partial charge in [0.1, 0.15) is 24.8 Å². The number of anilines is 2. The molecule has 38 heavy (non-hydrogen) atoms. The van der Waals surface area contributed by atoms with Crippen LogP contribution in [0, 0.1) is 12.7 Å². The maximum absolute atomic E-state index is 14.1. The lowest BCUT2D eigenvalue weighted by Gasteiger charge is -2.29. The zero-order chi connectivity index (χ0) is 26.6. The summed E-state index contributed by atoms with van der Waals surface area (Å²) in [6.45, 7) is 6.11. The molecule has 0 spiro atoms. The van der Waals surface area contributed by atoms with Gasteiger partial charge in [-0.15, -0.1) is 0 Å². The summed E-state index contributed by atoms with van der Waals surface area (Å²) in [5, 5.41) is 10.6. The van der Waals surface area contributed by atoms with Crippen molar-refractivity contribution in [3.8, 4) is 11.5 Å². The summed E-state index contributed by atoms with van der Waals surface area (Å²) in [4.78, 5) is 18.0. The Bertz CT molecular complexity index is 1510. The Morgan fingerprint density at radius 3 is 2.63 bits per heavy atom. The number of nitrogens with zero attached hydrogens (tertiary/aromatic N) is 3. The first-order chi connectivity index (χ1) is 18.5. The van der Waals surface area contributed by atoms with E-state index < -0.39 is 6.04 Å². The van der Waals surface area contributed by atoms with Crippen molar-refractivity contribution in [2.24, 2.45) is 0 Å². The molecule has 8 nitrogen and oxygen atoms in total. The van der Waals surface area contributed by atoms with E-state index in [1.165, 1.54) is 12.4 Å². The van der Waals surface area contributed by atoms with Crippen LogP contribution in [0.1, 0.15) is 36.6 Å². The molecule has 2 N–H and O–H groups in total. The van der Waals surface area contributed by atoms with Crippen LogP contribution in [-0.4, -0.2) is 27.3 Å². The number of carbonyl (C=O) groups excluding carboxylic acids is 1. The Balaban J connectivity index is 1.50. The highest BCUT2D eigenvalue weighted by molar-refractivity contribution is 6.06. The van der Waals surface area contributed by atoms with E-state index in [1.807, 2.05) is 57.2 Å². The normalized spacial score (nSPS) is 14.5. The third-order valence-corrected chi connectivity index (χ3v) is 6.36. The first kappa shape index (κ1) is 25.0. The molecule has 1 amide bonds. The van der Waals surface area contributed by atoms with E-state index in [9.17, 15) is 9.18 Å². The van der Waals surface area contributed by atoms with Gasteiger partial charge < -0.3 is 20.1 Å². The third kappa shape index (κ3) is 4.95. The molecule has 5 rings (SSSR count). The Labute approximate surface area is 220 Å². The van der Waals surface area contributed by atoms with Crippen LogP contribution < -0.4 is 20.1 Å². The van der Waals surface area contributed by atoms with Crippen LogP contribution in [0.2, 0.25) is 0 Å². The SMILES string of the molecule is CCOc1cc([C@H]2C(C(=O)Nc3ccccc3C)=C(C)Nc3ncnn32)ccc1OCc1ccccc1F. The van der Waals surface area contributed by atoms with Gasteiger partial charge in [-0.25, -0.2) is 9.07 Å². The summed E-state index contributed by atoms with van der Waals surface area (Å²) < 4.78 is 27.6. The van der Waals surface area contributed by atoms with Crippen LogP contribution in [-0.2, 0) is 11.4 Å². The lowest BCUT2D eigenvalue weighted by Crippen LogP contribution is -2.31. The van der Waals surface area contributed by atoms with E-state index >= 15 is 0 Å². The van der Waals surface area contributed by atoms with Gasteiger partial charge in [-0.2, -0.15) is 10.1 Å². The van der Waals surface area contributed by atoms with Crippen molar-refractivity contribution in [2.45, 2.75) is 33.4 Å². The molecule has 9 heteroatoms. The monoisotopic (exact) mass is 513 g/mol. The zero-order valence-corrected chi connectivity index (χ0v) is 21.4. The molecule has 0 saturated heterocycles. The maximum Gasteiger partial charge on any atom is 0.255 e. The van der Waals surface area contributed by atoms with E-state index in [1.54, 1.807) is 28.9 Å². The van der Waals surface area contributed by atoms with Crippen molar-refractivity contribution in [3.63, 3.8) is 0 Å². The number of fused-ring (bicyclic) bond motifs is 1. The number of halogens is 1. The number of ether oxygens (including phenoxy) is 2. The minimum absolute atomic E-state index is 0.0513. The van der Waals surface area contributed by atoms with E-state index in [4.69, 9.17) is 9.47 Å². The fourth-order valence-electron chi connectivity index (χ4n) is 4.45. The number of benzene rings is 3. The molecule has 0 aliphatic carbocycles. The van der Waals surface area contributed by atoms with Gasteiger partial charge in [0.25, 0.3) is 5.91 Å².